The Morgan fingerprint density at radius 1 is 1.26 bits per heavy atom. The molecule has 0 saturated carbocycles. The van der Waals surface area contributed by atoms with Crippen molar-refractivity contribution >= 4 is 27.8 Å². The topological polar surface area (TPSA) is 50.1 Å². The third-order valence-corrected chi connectivity index (χ3v) is 3.63. The second kappa shape index (κ2) is 8.30. The van der Waals surface area contributed by atoms with Gasteiger partial charge in [-0.15, -0.1) is 0 Å². The fourth-order valence-corrected chi connectivity index (χ4v) is 2.40. The Morgan fingerprint density at radius 2 is 2.00 bits per heavy atom. The Hall–Kier alpha value is -2.38. The molecule has 0 aliphatic carbocycles. The lowest BCUT2D eigenvalue weighted by atomic mass is 10.0. The molecule has 0 aliphatic heterocycles. The first-order valence-corrected chi connectivity index (χ1v) is 8.09. The van der Waals surface area contributed by atoms with Gasteiger partial charge in [0.15, 0.2) is 0 Å². The lowest BCUT2D eigenvalue weighted by Gasteiger charge is -2.09. The van der Waals surface area contributed by atoms with Crippen molar-refractivity contribution in [1.82, 2.24) is 0 Å². The van der Waals surface area contributed by atoms with E-state index < -0.39 is 0 Å². The number of carbonyl (C=O) groups is 1. The van der Waals surface area contributed by atoms with E-state index in [9.17, 15) is 10.1 Å². The van der Waals surface area contributed by atoms with Crippen LogP contribution in [0.1, 0.15) is 29.3 Å². The molecule has 0 radical (unpaired) electrons. The van der Waals surface area contributed by atoms with Crippen molar-refractivity contribution in [3.8, 4) is 11.8 Å². The number of ketones is 1. The van der Waals surface area contributed by atoms with Crippen LogP contribution in [0.25, 0.3) is 6.08 Å². The fourth-order valence-electron chi connectivity index (χ4n) is 2.02. The number of carbonyl (C=O) groups excluding carboxylic acids is 1. The number of ether oxygens (including phenoxy) is 1. The number of allylic oxidation sites excluding steroid dienone is 1. The molecule has 116 valence electrons. The van der Waals surface area contributed by atoms with E-state index in [4.69, 9.17) is 4.74 Å². The van der Waals surface area contributed by atoms with Gasteiger partial charge in [0.05, 0.1) is 6.61 Å². The summed E-state index contributed by atoms with van der Waals surface area (Å²) in [6, 6.07) is 16.3. The second-order valence-electron chi connectivity index (χ2n) is 4.90. The van der Waals surface area contributed by atoms with E-state index in [0.717, 1.165) is 10.9 Å². The molecule has 0 saturated heterocycles. The minimum absolute atomic E-state index is 0.0793. The van der Waals surface area contributed by atoms with Gasteiger partial charge in [-0.1, -0.05) is 53.2 Å². The molecule has 4 heteroatoms. The summed E-state index contributed by atoms with van der Waals surface area (Å²) < 4.78 is 6.54. The average Bonchev–Trinajstić information content (AvgIpc) is 2.59. The lowest BCUT2D eigenvalue weighted by molar-refractivity contribution is 0.104. The van der Waals surface area contributed by atoms with Gasteiger partial charge in [0.25, 0.3) is 0 Å². The van der Waals surface area contributed by atoms with Gasteiger partial charge in [-0.2, -0.15) is 5.26 Å². The largest absolute Gasteiger partial charge is 0.493 e. The Bertz CT molecular complexity index is 761. The average molecular weight is 370 g/mol. The Kier molecular flexibility index (Phi) is 6.13. The SMILES string of the molecule is CCCOc1ccc(Br)cc1/C=C(/C#N)C(=O)c1ccccc1. The molecule has 0 atom stereocenters. The predicted molar refractivity (Wildman–Crippen MR) is 94.3 cm³/mol. The highest BCUT2D eigenvalue weighted by atomic mass is 79.9. The van der Waals surface area contributed by atoms with Gasteiger partial charge >= 0.3 is 0 Å². The molecule has 0 aliphatic rings. The smallest absolute Gasteiger partial charge is 0.203 e. The number of hydrogen-bond donors (Lipinski definition) is 0. The molecule has 2 rings (SSSR count). The number of Topliss-reactive ketones (excluding diaryl/α,β-unsaturated/α-hetero) is 1. The summed E-state index contributed by atoms with van der Waals surface area (Å²) in [5.41, 5.74) is 1.27. The third kappa shape index (κ3) is 4.54. The van der Waals surface area contributed by atoms with Crippen LogP contribution in [-0.2, 0) is 0 Å². The first kappa shape index (κ1) is 17.0. The normalized spacial score (nSPS) is 10.9. The molecular formula is C19H16BrNO2. The first-order valence-electron chi connectivity index (χ1n) is 7.29. The number of halogens is 1. The molecule has 0 spiro atoms. The highest BCUT2D eigenvalue weighted by Crippen LogP contribution is 2.26. The summed E-state index contributed by atoms with van der Waals surface area (Å²) in [4.78, 5) is 12.4. The predicted octanol–water partition coefficient (Wildman–Crippen LogP) is 5.03. The quantitative estimate of drug-likeness (QED) is 0.407. The van der Waals surface area contributed by atoms with E-state index in [2.05, 4.69) is 15.9 Å². The van der Waals surface area contributed by atoms with Gasteiger partial charge in [-0.05, 0) is 30.7 Å². The molecule has 23 heavy (non-hydrogen) atoms. The molecular weight excluding hydrogens is 354 g/mol. The third-order valence-electron chi connectivity index (χ3n) is 3.13. The van der Waals surface area contributed by atoms with Gasteiger partial charge in [0.1, 0.15) is 17.4 Å². The van der Waals surface area contributed by atoms with Crippen LogP contribution >= 0.6 is 15.9 Å². The van der Waals surface area contributed by atoms with E-state index in [1.807, 2.05) is 37.3 Å². The molecule has 0 aromatic heterocycles. The van der Waals surface area contributed by atoms with Crippen LogP contribution in [0.2, 0.25) is 0 Å². The van der Waals surface area contributed by atoms with Crippen LogP contribution in [0.5, 0.6) is 5.75 Å². The van der Waals surface area contributed by atoms with Gasteiger partial charge in [0, 0.05) is 15.6 Å². The van der Waals surface area contributed by atoms with Crippen LogP contribution in [0, 0.1) is 11.3 Å². The molecule has 2 aromatic carbocycles. The molecule has 0 unspecified atom stereocenters. The van der Waals surface area contributed by atoms with E-state index in [0.29, 0.717) is 23.5 Å². The molecule has 0 heterocycles. The van der Waals surface area contributed by atoms with E-state index >= 15 is 0 Å². The minimum atomic E-state index is -0.297. The Balaban J connectivity index is 2.40. The zero-order valence-electron chi connectivity index (χ0n) is 12.8. The summed E-state index contributed by atoms with van der Waals surface area (Å²) >= 11 is 3.41. The molecule has 0 amide bonds. The van der Waals surface area contributed by atoms with Crippen LogP contribution in [-0.4, -0.2) is 12.4 Å². The number of nitrogens with zero attached hydrogens (tertiary/aromatic N) is 1. The number of benzene rings is 2. The summed E-state index contributed by atoms with van der Waals surface area (Å²) in [7, 11) is 0. The zero-order chi connectivity index (χ0) is 16.7. The van der Waals surface area contributed by atoms with Crippen LogP contribution in [0.15, 0.2) is 58.6 Å². The van der Waals surface area contributed by atoms with Crippen molar-refractivity contribution in [1.29, 1.82) is 5.26 Å². The number of rotatable bonds is 6. The molecule has 2 aromatic rings. The van der Waals surface area contributed by atoms with Crippen molar-refractivity contribution < 1.29 is 9.53 Å². The van der Waals surface area contributed by atoms with E-state index in [1.54, 1.807) is 30.3 Å². The first-order chi connectivity index (χ1) is 11.2. The van der Waals surface area contributed by atoms with Crippen LogP contribution in [0.4, 0.5) is 0 Å². The monoisotopic (exact) mass is 369 g/mol. The second-order valence-corrected chi connectivity index (χ2v) is 5.81. The standard InChI is InChI=1S/C19H16BrNO2/c1-2-10-23-18-9-8-17(20)12-15(18)11-16(13-21)19(22)14-6-4-3-5-7-14/h3-9,11-12H,2,10H2,1H3/b16-11-. The van der Waals surface area contributed by atoms with E-state index in [-0.39, 0.29) is 11.4 Å². The van der Waals surface area contributed by atoms with Crippen LogP contribution in [0.3, 0.4) is 0 Å². The summed E-state index contributed by atoms with van der Waals surface area (Å²) in [5, 5.41) is 9.36. The zero-order valence-corrected chi connectivity index (χ0v) is 14.3. The maximum Gasteiger partial charge on any atom is 0.203 e. The Morgan fingerprint density at radius 3 is 2.65 bits per heavy atom. The van der Waals surface area contributed by atoms with Crippen molar-refractivity contribution in [2.75, 3.05) is 6.61 Å². The van der Waals surface area contributed by atoms with Crippen molar-refractivity contribution in [2.24, 2.45) is 0 Å². The molecule has 0 N–H and O–H groups in total. The highest BCUT2D eigenvalue weighted by molar-refractivity contribution is 9.10. The van der Waals surface area contributed by atoms with Crippen molar-refractivity contribution in [3.05, 3.63) is 69.7 Å². The van der Waals surface area contributed by atoms with Gasteiger partial charge in [-0.3, -0.25) is 4.79 Å². The van der Waals surface area contributed by atoms with E-state index in [1.165, 1.54) is 0 Å². The Labute approximate surface area is 144 Å². The fraction of sp³-hybridized carbons (Fsp3) is 0.158. The van der Waals surface area contributed by atoms with Gasteiger partial charge in [-0.25, -0.2) is 0 Å². The van der Waals surface area contributed by atoms with Crippen LogP contribution < -0.4 is 4.74 Å². The number of nitriles is 1. The molecule has 3 nitrogen and oxygen atoms in total. The number of hydrogen-bond acceptors (Lipinski definition) is 3. The summed E-state index contributed by atoms with van der Waals surface area (Å²) in [6.07, 6.45) is 2.46. The molecule has 0 fully saturated rings. The van der Waals surface area contributed by atoms with Gasteiger partial charge < -0.3 is 4.74 Å². The minimum Gasteiger partial charge on any atom is -0.493 e. The summed E-state index contributed by atoms with van der Waals surface area (Å²) in [6.45, 7) is 2.60. The van der Waals surface area contributed by atoms with Crippen molar-refractivity contribution in [3.63, 3.8) is 0 Å². The van der Waals surface area contributed by atoms with Crippen molar-refractivity contribution in [2.45, 2.75) is 13.3 Å². The lowest BCUT2D eigenvalue weighted by Crippen LogP contribution is -2.02. The highest BCUT2D eigenvalue weighted by Gasteiger charge is 2.13. The molecule has 0 bridgehead atoms. The maximum absolute atomic E-state index is 12.4. The summed E-state index contributed by atoms with van der Waals surface area (Å²) in [5.74, 6) is 0.359. The van der Waals surface area contributed by atoms with Gasteiger partial charge in [0.2, 0.25) is 5.78 Å². The maximum atomic E-state index is 12.4.